The molecule has 0 saturated carbocycles. The van der Waals surface area contributed by atoms with E-state index in [2.05, 4.69) is 12.2 Å². The second-order valence-electron chi connectivity index (χ2n) is 6.77. The van der Waals surface area contributed by atoms with Gasteiger partial charge in [0.15, 0.2) is 0 Å². The lowest BCUT2D eigenvalue weighted by molar-refractivity contribution is 0.102. The van der Waals surface area contributed by atoms with E-state index in [9.17, 15) is 9.90 Å². The van der Waals surface area contributed by atoms with Gasteiger partial charge in [0.25, 0.3) is 5.91 Å². The minimum absolute atomic E-state index is 0.0920. The van der Waals surface area contributed by atoms with Crippen LogP contribution in [0.1, 0.15) is 41.9 Å². The third-order valence-electron chi connectivity index (χ3n) is 4.60. The monoisotopic (exact) mass is 379 g/mol. The SMILES string of the molecule is CC[C@H](C)Oc1cccc(C(=O)Nc2cc(-c3ccc(CO)o3)ccc2C)c1. The van der Waals surface area contributed by atoms with Crippen molar-refractivity contribution in [1.82, 2.24) is 0 Å². The quantitative estimate of drug-likeness (QED) is 0.593. The highest BCUT2D eigenvalue weighted by atomic mass is 16.5. The van der Waals surface area contributed by atoms with Gasteiger partial charge in [0, 0.05) is 16.8 Å². The Balaban J connectivity index is 1.80. The summed E-state index contributed by atoms with van der Waals surface area (Å²) in [6, 6.07) is 16.4. The summed E-state index contributed by atoms with van der Waals surface area (Å²) in [5.74, 6) is 1.62. The molecule has 1 aromatic heterocycles. The maximum atomic E-state index is 12.7. The number of hydrogen-bond donors (Lipinski definition) is 2. The first-order chi connectivity index (χ1) is 13.5. The van der Waals surface area contributed by atoms with Gasteiger partial charge in [-0.05, 0) is 62.2 Å². The van der Waals surface area contributed by atoms with Gasteiger partial charge in [-0.15, -0.1) is 0 Å². The summed E-state index contributed by atoms with van der Waals surface area (Å²) in [7, 11) is 0. The fraction of sp³-hybridized carbons (Fsp3) is 0.261. The third-order valence-corrected chi connectivity index (χ3v) is 4.60. The molecule has 0 bridgehead atoms. The number of aliphatic hydroxyl groups excluding tert-OH is 1. The minimum Gasteiger partial charge on any atom is -0.491 e. The summed E-state index contributed by atoms with van der Waals surface area (Å²) < 4.78 is 11.4. The summed E-state index contributed by atoms with van der Waals surface area (Å²) in [4.78, 5) is 12.7. The van der Waals surface area contributed by atoms with Crippen molar-refractivity contribution in [2.75, 3.05) is 5.32 Å². The number of aryl methyl sites for hydroxylation is 1. The number of rotatable bonds is 7. The van der Waals surface area contributed by atoms with Crippen molar-refractivity contribution >= 4 is 11.6 Å². The zero-order valence-electron chi connectivity index (χ0n) is 16.4. The predicted octanol–water partition coefficient (Wildman–Crippen LogP) is 5.18. The minimum atomic E-state index is -0.203. The number of anilines is 1. The number of carbonyl (C=O) groups is 1. The van der Waals surface area contributed by atoms with Crippen molar-refractivity contribution < 1.29 is 19.1 Å². The molecule has 0 aliphatic carbocycles. The topological polar surface area (TPSA) is 71.7 Å². The van der Waals surface area contributed by atoms with Crippen LogP contribution in [0.2, 0.25) is 0 Å². The van der Waals surface area contributed by atoms with Gasteiger partial charge >= 0.3 is 0 Å². The molecule has 2 aromatic carbocycles. The molecule has 2 N–H and O–H groups in total. The molecule has 28 heavy (non-hydrogen) atoms. The molecule has 0 fully saturated rings. The molecule has 0 saturated heterocycles. The number of ether oxygens (including phenoxy) is 1. The van der Waals surface area contributed by atoms with Crippen molar-refractivity contribution in [3.8, 4) is 17.1 Å². The predicted molar refractivity (Wildman–Crippen MR) is 110 cm³/mol. The summed E-state index contributed by atoms with van der Waals surface area (Å²) in [5, 5.41) is 12.1. The first-order valence-electron chi connectivity index (χ1n) is 9.38. The highest BCUT2D eigenvalue weighted by Crippen LogP contribution is 2.28. The number of benzene rings is 2. The molecule has 0 spiro atoms. The average Bonchev–Trinajstić information content (AvgIpc) is 3.19. The summed E-state index contributed by atoms with van der Waals surface area (Å²) in [6.45, 7) is 5.84. The second-order valence-corrected chi connectivity index (χ2v) is 6.77. The summed E-state index contributed by atoms with van der Waals surface area (Å²) in [6.07, 6.45) is 0.988. The van der Waals surface area contributed by atoms with E-state index in [4.69, 9.17) is 9.15 Å². The summed E-state index contributed by atoms with van der Waals surface area (Å²) >= 11 is 0. The van der Waals surface area contributed by atoms with Gasteiger partial charge < -0.3 is 19.6 Å². The molecule has 3 rings (SSSR count). The van der Waals surface area contributed by atoms with Gasteiger partial charge in [-0.3, -0.25) is 4.79 Å². The first-order valence-corrected chi connectivity index (χ1v) is 9.38. The van der Waals surface area contributed by atoms with Crippen molar-refractivity contribution in [2.24, 2.45) is 0 Å². The molecule has 0 unspecified atom stereocenters. The van der Waals surface area contributed by atoms with Crippen molar-refractivity contribution in [1.29, 1.82) is 0 Å². The number of aliphatic hydroxyl groups is 1. The molecule has 146 valence electrons. The highest BCUT2D eigenvalue weighted by Gasteiger charge is 2.12. The Morgan fingerprint density at radius 2 is 2.00 bits per heavy atom. The maximum Gasteiger partial charge on any atom is 0.255 e. The van der Waals surface area contributed by atoms with Gasteiger partial charge in [0.1, 0.15) is 23.9 Å². The Labute approximate surface area is 165 Å². The van der Waals surface area contributed by atoms with E-state index in [0.29, 0.717) is 28.5 Å². The molecule has 0 aliphatic heterocycles. The lowest BCUT2D eigenvalue weighted by Gasteiger charge is -2.14. The van der Waals surface area contributed by atoms with E-state index in [1.54, 1.807) is 24.3 Å². The van der Waals surface area contributed by atoms with E-state index in [-0.39, 0.29) is 18.6 Å². The van der Waals surface area contributed by atoms with Crippen LogP contribution in [0, 0.1) is 6.92 Å². The van der Waals surface area contributed by atoms with Crippen LogP contribution in [-0.4, -0.2) is 17.1 Å². The maximum absolute atomic E-state index is 12.7. The normalized spacial score (nSPS) is 11.9. The number of carbonyl (C=O) groups excluding carboxylic acids is 1. The van der Waals surface area contributed by atoms with Gasteiger partial charge in [0.2, 0.25) is 0 Å². The molecule has 1 amide bonds. The Bertz CT molecular complexity index is 961. The lowest BCUT2D eigenvalue weighted by Crippen LogP contribution is -2.14. The van der Waals surface area contributed by atoms with Crippen LogP contribution in [0.25, 0.3) is 11.3 Å². The van der Waals surface area contributed by atoms with E-state index in [1.807, 2.05) is 44.2 Å². The Hall–Kier alpha value is -3.05. The molecule has 0 radical (unpaired) electrons. The fourth-order valence-corrected chi connectivity index (χ4v) is 2.75. The molecular weight excluding hydrogens is 354 g/mol. The van der Waals surface area contributed by atoms with Crippen LogP contribution in [0.4, 0.5) is 5.69 Å². The molecular formula is C23H25NO4. The number of furan rings is 1. The number of amides is 1. The van der Waals surface area contributed by atoms with Crippen molar-refractivity contribution in [3.05, 3.63) is 71.5 Å². The molecule has 5 heteroatoms. The second kappa shape index (κ2) is 8.76. The van der Waals surface area contributed by atoms with Crippen molar-refractivity contribution in [3.63, 3.8) is 0 Å². The van der Waals surface area contributed by atoms with Gasteiger partial charge in [-0.25, -0.2) is 0 Å². The van der Waals surface area contributed by atoms with Gasteiger partial charge in [-0.2, -0.15) is 0 Å². The zero-order valence-corrected chi connectivity index (χ0v) is 16.4. The van der Waals surface area contributed by atoms with E-state index in [1.165, 1.54) is 0 Å². The van der Waals surface area contributed by atoms with Gasteiger partial charge in [-0.1, -0.05) is 25.1 Å². The number of nitrogens with one attached hydrogen (secondary N) is 1. The molecule has 1 heterocycles. The summed E-state index contributed by atoms with van der Waals surface area (Å²) in [5.41, 5.74) is 3.01. The third kappa shape index (κ3) is 4.61. The molecule has 0 aliphatic rings. The fourth-order valence-electron chi connectivity index (χ4n) is 2.75. The Morgan fingerprint density at radius 1 is 1.18 bits per heavy atom. The molecule has 3 aromatic rings. The van der Waals surface area contributed by atoms with Crippen LogP contribution >= 0.6 is 0 Å². The molecule has 5 nitrogen and oxygen atoms in total. The van der Waals surface area contributed by atoms with Crippen LogP contribution in [0.5, 0.6) is 5.75 Å². The van der Waals surface area contributed by atoms with Crippen molar-refractivity contribution in [2.45, 2.75) is 39.9 Å². The Kier molecular flexibility index (Phi) is 6.16. The standard InChI is InChI=1S/C23H25NO4/c1-4-16(3)27-19-7-5-6-18(12-19)23(26)24-21-13-17(9-8-15(21)2)22-11-10-20(14-25)28-22/h5-13,16,25H,4,14H2,1-3H3,(H,24,26)/t16-/m0/s1. The van der Waals surface area contributed by atoms with Crippen LogP contribution in [0.3, 0.4) is 0 Å². The van der Waals surface area contributed by atoms with E-state index < -0.39 is 0 Å². The Morgan fingerprint density at radius 3 is 2.71 bits per heavy atom. The first kappa shape index (κ1) is 19.7. The van der Waals surface area contributed by atoms with E-state index >= 15 is 0 Å². The highest BCUT2D eigenvalue weighted by molar-refractivity contribution is 6.05. The number of hydrogen-bond acceptors (Lipinski definition) is 4. The van der Waals surface area contributed by atoms with E-state index in [0.717, 1.165) is 17.5 Å². The lowest BCUT2D eigenvalue weighted by atomic mass is 10.1. The zero-order chi connectivity index (χ0) is 20.1. The van der Waals surface area contributed by atoms with Crippen LogP contribution in [0.15, 0.2) is 59.0 Å². The molecule has 1 atom stereocenters. The smallest absolute Gasteiger partial charge is 0.255 e. The van der Waals surface area contributed by atoms with Gasteiger partial charge in [0.05, 0.1) is 6.10 Å². The van der Waals surface area contributed by atoms with Crippen LogP contribution in [-0.2, 0) is 6.61 Å². The largest absolute Gasteiger partial charge is 0.491 e. The van der Waals surface area contributed by atoms with Crippen LogP contribution < -0.4 is 10.1 Å². The average molecular weight is 379 g/mol.